The van der Waals surface area contributed by atoms with Gasteiger partial charge in [0.2, 0.25) is 0 Å². The van der Waals surface area contributed by atoms with Crippen LogP contribution in [0, 0.1) is 11.3 Å². The minimum absolute atomic E-state index is 0.0101. The monoisotopic (exact) mass is 225 g/mol. The summed E-state index contributed by atoms with van der Waals surface area (Å²) in [6.45, 7) is 0. The fourth-order valence-electron chi connectivity index (χ4n) is 1.13. The average molecular weight is 226 g/mol. The Hall–Kier alpha value is -1.73. The summed E-state index contributed by atoms with van der Waals surface area (Å²) in [5, 5.41) is 18.3. The number of phenols is 1. The van der Waals surface area contributed by atoms with Crippen molar-refractivity contribution in [2.75, 3.05) is 7.11 Å². The van der Waals surface area contributed by atoms with Crippen molar-refractivity contribution >= 4 is 17.6 Å². The lowest BCUT2D eigenvalue weighted by atomic mass is 10.0. The van der Waals surface area contributed by atoms with E-state index in [1.54, 1.807) is 0 Å². The largest absolute Gasteiger partial charge is 0.508 e. The minimum Gasteiger partial charge on any atom is -0.508 e. The van der Waals surface area contributed by atoms with Crippen LogP contribution in [0.15, 0.2) is 12.1 Å². The van der Waals surface area contributed by atoms with E-state index in [1.807, 2.05) is 6.07 Å². The molecule has 4 nitrogen and oxygen atoms in total. The van der Waals surface area contributed by atoms with Crippen LogP contribution in [0.1, 0.15) is 21.5 Å². The molecular formula is C10H8ClNO3. The van der Waals surface area contributed by atoms with Gasteiger partial charge in [0.05, 0.1) is 30.2 Å². The number of halogens is 1. The molecule has 0 saturated carbocycles. The summed E-state index contributed by atoms with van der Waals surface area (Å²) < 4.78 is 4.47. The molecule has 0 radical (unpaired) electrons. The van der Waals surface area contributed by atoms with Crippen LogP contribution < -0.4 is 0 Å². The molecule has 0 aromatic heterocycles. The zero-order valence-corrected chi connectivity index (χ0v) is 8.71. The summed E-state index contributed by atoms with van der Waals surface area (Å²) in [4.78, 5) is 11.2. The van der Waals surface area contributed by atoms with Gasteiger partial charge in [-0.1, -0.05) is 0 Å². The number of aromatic hydroxyl groups is 1. The van der Waals surface area contributed by atoms with Gasteiger partial charge < -0.3 is 9.84 Å². The Bertz CT molecular complexity index is 437. The van der Waals surface area contributed by atoms with Crippen LogP contribution >= 0.6 is 11.6 Å². The van der Waals surface area contributed by atoms with E-state index in [0.29, 0.717) is 5.56 Å². The van der Waals surface area contributed by atoms with Crippen molar-refractivity contribution in [2.24, 2.45) is 0 Å². The van der Waals surface area contributed by atoms with Crippen LogP contribution in [-0.4, -0.2) is 18.2 Å². The number of hydrogen-bond acceptors (Lipinski definition) is 4. The summed E-state index contributed by atoms with van der Waals surface area (Å²) in [7, 11) is 1.22. The normalized spacial score (nSPS) is 9.40. The number of hydrogen-bond donors (Lipinski definition) is 1. The number of carbonyl (C=O) groups is 1. The van der Waals surface area contributed by atoms with E-state index in [1.165, 1.54) is 19.2 Å². The minimum atomic E-state index is -0.608. The number of esters is 1. The van der Waals surface area contributed by atoms with Gasteiger partial charge in [0.25, 0.3) is 0 Å². The molecule has 15 heavy (non-hydrogen) atoms. The van der Waals surface area contributed by atoms with Gasteiger partial charge in [-0.3, -0.25) is 0 Å². The highest BCUT2D eigenvalue weighted by atomic mass is 35.5. The smallest absolute Gasteiger partial charge is 0.338 e. The van der Waals surface area contributed by atoms with Crippen molar-refractivity contribution in [2.45, 2.75) is 5.88 Å². The van der Waals surface area contributed by atoms with E-state index in [4.69, 9.17) is 16.9 Å². The zero-order chi connectivity index (χ0) is 11.4. The lowest BCUT2D eigenvalue weighted by Crippen LogP contribution is -2.02. The molecule has 0 amide bonds. The molecule has 0 aliphatic rings. The Labute approximate surface area is 91.7 Å². The Kier molecular flexibility index (Phi) is 3.53. The molecule has 0 fully saturated rings. The maximum atomic E-state index is 11.2. The molecule has 0 heterocycles. The van der Waals surface area contributed by atoms with Crippen molar-refractivity contribution in [3.8, 4) is 11.8 Å². The van der Waals surface area contributed by atoms with Gasteiger partial charge in [0.1, 0.15) is 5.75 Å². The molecule has 0 bridgehead atoms. The first kappa shape index (κ1) is 11.3. The zero-order valence-electron chi connectivity index (χ0n) is 7.95. The first-order valence-corrected chi connectivity index (χ1v) is 4.57. The SMILES string of the molecule is COC(=O)c1cc(O)c(CCl)c(C#N)c1. The number of alkyl halides is 1. The van der Waals surface area contributed by atoms with Gasteiger partial charge in [-0.05, 0) is 12.1 Å². The maximum Gasteiger partial charge on any atom is 0.338 e. The maximum absolute atomic E-state index is 11.2. The quantitative estimate of drug-likeness (QED) is 0.615. The predicted molar refractivity (Wildman–Crippen MR) is 53.7 cm³/mol. The van der Waals surface area contributed by atoms with Crippen molar-refractivity contribution in [3.05, 3.63) is 28.8 Å². The first-order chi connectivity index (χ1) is 7.13. The number of benzene rings is 1. The van der Waals surface area contributed by atoms with E-state index < -0.39 is 5.97 Å². The molecule has 1 rings (SSSR count). The van der Waals surface area contributed by atoms with Crippen molar-refractivity contribution in [3.63, 3.8) is 0 Å². The Morgan fingerprint density at radius 1 is 1.67 bits per heavy atom. The Morgan fingerprint density at radius 3 is 2.80 bits per heavy atom. The first-order valence-electron chi connectivity index (χ1n) is 4.04. The summed E-state index contributed by atoms with van der Waals surface area (Å²) in [5.41, 5.74) is 0.609. The number of rotatable bonds is 2. The van der Waals surface area contributed by atoms with Crippen LogP contribution in [0.25, 0.3) is 0 Å². The molecule has 1 N–H and O–H groups in total. The van der Waals surface area contributed by atoms with E-state index >= 15 is 0 Å². The topological polar surface area (TPSA) is 70.3 Å². The predicted octanol–water partition coefficient (Wildman–Crippen LogP) is 1.79. The highest BCUT2D eigenvalue weighted by molar-refractivity contribution is 6.17. The van der Waals surface area contributed by atoms with E-state index in [9.17, 15) is 9.90 Å². The van der Waals surface area contributed by atoms with E-state index in [0.717, 1.165) is 0 Å². The summed E-state index contributed by atoms with van der Waals surface area (Å²) >= 11 is 5.55. The second kappa shape index (κ2) is 4.67. The molecule has 0 aliphatic carbocycles. The highest BCUT2D eigenvalue weighted by Gasteiger charge is 2.13. The van der Waals surface area contributed by atoms with Gasteiger partial charge in [0, 0.05) is 5.56 Å². The molecule has 1 aromatic carbocycles. The number of methoxy groups -OCH3 is 1. The lowest BCUT2D eigenvalue weighted by molar-refractivity contribution is 0.0600. The molecule has 78 valence electrons. The number of ether oxygens (including phenoxy) is 1. The van der Waals surface area contributed by atoms with Crippen LogP contribution in [0.5, 0.6) is 5.75 Å². The number of nitriles is 1. The number of carbonyl (C=O) groups excluding carboxylic acids is 1. The third-order valence-electron chi connectivity index (χ3n) is 1.90. The number of phenolic OH excluding ortho intramolecular Hbond substituents is 1. The fourth-order valence-corrected chi connectivity index (χ4v) is 1.41. The van der Waals surface area contributed by atoms with Crippen LogP contribution in [0.3, 0.4) is 0 Å². The third kappa shape index (κ3) is 2.20. The molecule has 5 heteroatoms. The average Bonchev–Trinajstić information content (AvgIpc) is 2.26. The van der Waals surface area contributed by atoms with Gasteiger partial charge >= 0.3 is 5.97 Å². The lowest BCUT2D eigenvalue weighted by Gasteiger charge is -2.06. The molecule has 0 aliphatic heterocycles. The standard InChI is InChI=1S/C10H8ClNO3/c1-15-10(14)6-2-7(5-12)8(4-11)9(13)3-6/h2-3,13H,4H2,1H3. The van der Waals surface area contributed by atoms with E-state index in [2.05, 4.69) is 4.74 Å². The second-order valence-electron chi connectivity index (χ2n) is 2.76. The summed E-state index contributed by atoms with van der Waals surface area (Å²) in [5.74, 6) is -0.775. The molecule has 0 spiro atoms. The molecular weight excluding hydrogens is 218 g/mol. The van der Waals surface area contributed by atoms with Crippen LogP contribution in [-0.2, 0) is 10.6 Å². The molecule has 0 saturated heterocycles. The van der Waals surface area contributed by atoms with Gasteiger partial charge in [-0.2, -0.15) is 5.26 Å². The number of nitrogens with zero attached hydrogens (tertiary/aromatic N) is 1. The molecule has 1 aromatic rings. The van der Waals surface area contributed by atoms with Gasteiger partial charge in [0.15, 0.2) is 0 Å². The Morgan fingerprint density at radius 2 is 2.33 bits per heavy atom. The third-order valence-corrected chi connectivity index (χ3v) is 2.17. The molecule has 0 atom stereocenters. The second-order valence-corrected chi connectivity index (χ2v) is 3.03. The highest BCUT2D eigenvalue weighted by Crippen LogP contribution is 2.25. The van der Waals surface area contributed by atoms with Crippen LogP contribution in [0.2, 0.25) is 0 Å². The van der Waals surface area contributed by atoms with Crippen LogP contribution in [0.4, 0.5) is 0 Å². The van der Waals surface area contributed by atoms with Gasteiger partial charge in [-0.25, -0.2) is 4.79 Å². The van der Waals surface area contributed by atoms with Gasteiger partial charge in [-0.15, -0.1) is 11.6 Å². The van der Waals surface area contributed by atoms with E-state index in [-0.39, 0.29) is 22.8 Å². The van der Waals surface area contributed by atoms with Crippen molar-refractivity contribution in [1.82, 2.24) is 0 Å². The van der Waals surface area contributed by atoms with Crippen molar-refractivity contribution in [1.29, 1.82) is 5.26 Å². The fraction of sp³-hybridized carbons (Fsp3) is 0.200. The molecule has 0 unspecified atom stereocenters. The summed E-state index contributed by atoms with van der Waals surface area (Å²) in [6, 6.07) is 4.42. The Balaban J connectivity index is 3.33. The summed E-state index contributed by atoms with van der Waals surface area (Å²) in [6.07, 6.45) is 0. The van der Waals surface area contributed by atoms with Crippen molar-refractivity contribution < 1.29 is 14.6 Å².